The first-order valence-electron chi connectivity index (χ1n) is 5.59. The van der Waals surface area contributed by atoms with Crippen molar-refractivity contribution in [1.82, 2.24) is 15.0 Å². The van der Waals surface area contributed by atoms with Crippen molar-refractivity contribution in [2.75, 3.05) is 6.61 Å². The zero-order valence-electron chi connectivity index (χ0n) is 9.70. The van der Waals surface area contributed by atoms with Gasteiger partial charge in [-0.25, -0.2) is 9.48 Å². The summed E-state index contributed by atoms with van der Waals surface area (Å²) in [4.78, 5) is 11.6. The molecule has 1 fully saturated rings. The van der Waals surface area contributed by atoms with E-state index in [1.165, 1.54) is 0 Å². The maximum absolute atomic E-state index is 12.4. The van der Waals surface area contributed by atoms with Crippen LogP contribution < -0.4 is 0 Å². The summed E-state index contributed by atoms with van der Waals surface area (Å²) >= 11 is 0. The van der Waals surface area contributed by atoms with Gasteiger partial charge in [0.25, 0.3) is 0 Å². The van der Waals surface area contributed by atoms with Gasteiger partial charge in [0.2, 0.25) is 0 Å². The highest BCUT2D eigenvalue weighted by Crippen LogP contribution is 2.41. The normalized spacial score (nSPS) is 15.8. The van der Waals surface area contributed by atoms with Crippen molar-refractivity contribution < 1.29 is 22.7 Å². The zero-order chi connectivity index (χ0) is 13.3. The Morgan fingerprint density at radius 3 is 2.67 bits per heavy atom. The molecule has 1 aliphatic carbocycles. The molecule has 0 aromatic carbocycles. The van der Waals surface area contributed by atoms with E-state index < -0.39 is 18.7 Å². The van der Waals surface area contributed by atoms with Crippen LogP contribution in [0.3, 0.4) is 0 Å². The molecule has 0 amide bonds. The highest BCUT2D eigenvalue weighted by molar-refractivity contribution is 5.88. The van der Waals surface area contributed by atoms with Crippen molar-refractivity contribution in [3.05, 3.63) is 11.4 Å². The fraction of sp³-hybridized carbons (Fsp3) is 0.700. The summed E-state index contributed by atoms with van der Waals surface area (Å²) in [5.41, 5.74) is 0.148. The fourth-order valence-electron chi connectivity index (χ4n) is 1.71. The van der Waals surface area contributed by atoms with Gasteiger partial charge < -0.3 is 4.74 Å². The van der Waals surface area contributed by atoms with E-state index >= 15 is 0 Å². The number of aromatic nitrogens is 3. The number of nitrogens with zero attached hydrogens (tertiary/aromatic N) is 3. The molecule has 0 spiro atoms. The largest absolute Gasteiger partial charge is 0.461 e. The van der Waals surface area contributed by atoms with Gasteiger partial charge in [-0.3, -0.25) is 0 Å². The molecule has 1 aromatic heterocycles. The summed E-state index contributed by atoms with van der Waals surface area (Å²) in [6.45, 7) is 0.537. The highest BCUT2D eigenvalue weighted by atomic mass is 19.4. The van der Waals surface area contributed by atoms with Crippen LogP contribution in [-0.4, -0.2) is 33.7 Å². The Balaban J connectivity index is 2.28. The van der Waals surface area contributed by atoms with E-state index in [2.05, 4.69) is 10.3 Å². The Bertz CT molecular complexity index is 452. The van der Waals surface area contributed by atoms with E-state index in [-0.39, 0.29) is 23.9 Å². The zero-order valence-corrected chi connectivity index (χ0v) is 9.70. The molecule has 8 heteroatoms. The van der Waals surface area contributed by atoms with Gasteiger partial charge in [0.1, 0.15) is 6.54 Å². The molecule has 1 aliphatic rings. The number of halogens is 3. The van der Waals surface area contributed by atoms with E-state index in [0.29, 0.717) is 0 Å². The predicted molar refractivity (Wildman–Crippen MR) is 54.0 cm³/mol. The van der Waals surface area contributed by atoms with Crippen LogP contribution >= 0.6 is 0 Å². The molecule has 5 nitrogen and oxygen atoms in total. The van der Waals surface area contributed by atoms with E-state index in [9.17, 15) is 18.0 Å². The summed E-state index contributed by atoms with van der Waals surface area (Å²) in [6, 6.07) is 0. The lowest BCUT2D eigenvalue weighted by atomic mass is 10.2. The maximum atomic E-state index is 12.4. The van der Waals surface area contributed by atoms with Crippen molar-refractivity contribution in [3.63, 3.8) is 0 Å². The van der Waals surface area contributed by atoms with Crippen LogP contribution in [0.4, 0.5) is 13.2 Å². The summed E-state index contributed by atoms with van der Waals surface area (Å²) in [6.07, 6.45) is -2.89. The van der Waals surface area contributed by atoms with E-state index in [4.69, 9.17) is 4.74 Å². The minimum Gasteiger partial charge on any atom is -0.461 e. The van der Waals surface area contributed by atoms with Gasteiger partial charge in [0.15, 0.2) is 5.69 Å². The molecule has 0 saturated heterocycles. The van der Waals surface area contributed by atoms with E-state index in [1.807, 2.05) is 0 Å². The van der Waals surface area contributed by atoms with Crippen LogP contribution in [0.25, 0.3) is 0 Å². The average Bonchev–Trinajstić information content (AvgIpc) is 2.99. The van der Waals surface area contributed by atoms with Gasteiger partial charge >= 0.3 is 12.1 Å². The van der Waals surface area contributed by atoms with Gasteiger partial charge in [-0.2, -0.15) is 13.2 Å². The van der Waals surface area contributed by atoms with Crippen molar-refractivity contribution in [2.45, 2.75) is 38.4 Å². The number of carbonyl (C=O) groups excluding carboxylic acids is 1. The molecule has 0 atom stereocenters. The predicted octanol–water partition coefficient (Wildman–Crippen LogP) is 1.89. The number of hydrogen-bond donors (Lipinski definition) is 0. The minimum absolute atomic E-state index is 0.0678. The summed E-state index contributed by atoms with van der Waals surface area (Å²) < 4.78 is 42.6. The Hall–Kier alpha value is -1.60. The Morgan fingerprint density at radius 2 is 2.17 bits per heavy atom. The van der Waals surface area contributed by atoms with E-state index in [1.54, 1.807) is 6.92 Å². The van der Waals surface area contributed by atoms with Crippen molar-refractivity contribution in [2.24, 2.45) is 0 Å². The first kappa shape index (κ1) is 12.8. The lowest BCUT2D eigenvalue weighted by Crippen LogP contribution is -2.21. The van der Waals surface area contributed by atoms with Crippen molar-refractivity contribution in [1.29, 1.82) is 0 Å². The third kappa shape index (κ3) is 2.80. The fourth-order valence-corrected chi connectivity index (χ4v) is 1.71. The number of carbonyl (C=O) groups is 1. The number of esters is 1. The highest BCUT2D eigenvalue weighted by Gasteiger charge is 2.38. The number of hydrogen-bond acceptors (Lipinski definition) is 4. The summed E-state index contributed by atoms with van der Waals surface area (Å²) in [7, 11) is 0. The lowest BCUT2D eigenvalue weighted by Gasteiger charge is -2.09. The van der Waals surface area contributed by atoms with E-state index in [0.717, 1.165) is 17.5 Å². The Labute approximate surface area is 101 Å². The molecular formula is C10H12F3N3O2. The smallest absolute Gasteiger partial charge is 0.408 e. The van der Waals surface area contributed by atoms with Gasteiger partial charge in [0.05, 0.1) is 12.3 Å². The molecule has 0 aliphatic heterocycles. The topological polar surface area (TPSA) is 57.0 Å². The number of alkyl halides is 3. The number of rotatable bonds is 4. The minimum atomic E-state index is -4.39. The van der Waals surface area contributed by atoms with Crippen LogP contribution in [0.15, 0.2) is 0 Å². The first-order valence-corrected chi connectivity index (χ1v) is 5.59. The second-order valence-corrected chi connectivity index (χ2v) is 4.09. The lowest BCUT2D eigenvalue weighted by molar-refractivity contribution is -0.143. The summed E-state index contributed by atoms with van der Waals surface area (Å²) in [5, 5.41) is 6.93. The molecule has 0 radical (unpaired) electrons. The molecule has 0 N–H and O–H groups in total. The van der Waals surface area contributed by atoms with Gasteiger partial charge in [0, 0.05) is 5.92 Å². The first-order chi connectivity index (χ1) is 8.42. The third-order valence-electron chi connectivity index (χ3n) is 2.54. The third-order valence-corrected chi connectivity index (χ3v) is 2.54. The van der Waals surface area contributed by atoms with Crippen LogP contribution in [0.2, 0.25) is 0 Å². The van der Waals surface area contributed by atoms with Crippen molar-refractivity contribution >= 4 is 5.97 Å². The molecular weight excluding hydrogens is 251 g/mol. The standard InChI is InChI=1S/C10H12F3N3O2/c1-2-18-9(17)7-8(6-3-4-6)16(15-14-7)5-10(11,12)13/h6H,2-5H2,1H3. The quantitative estimate of drug-likeness (QED) is 0.778. The van der Waals surface area contributed by atoms with Gasteiger partial charge in [-0.1, -0.05) is 5.21 Å². The molecule has 0 bridgehead atoms. The van der Waals surface area contributed by atoms with Crippen LogP contribution in [0, 0.1) is 0 Å². The molecule has 1 aromatic rings. The van der Waals surface area contributed by atoms with Crippen LogP contribution in [-0.2, 0) is 11.3 Å². The van der Waals surface area contributed by atoms with Crippen LogP contribution in [0.1, 0.15) is 41.9 Å². The Morgan fingerprint density at radius 1 is 1.50 bits per heavy atom. The van der Waals surface area contributed by atoms with Crippen molar-refractivity contribution in [3.8, 4) is 0 Å². The van der Waals surface area contributed by atoms with Crippen LogP contribution in [0.5, 0.6) is 0 Å². The summed E-state index contributed by atoms with van der Waals surface area (Å²) in [5.74, 6) is -0.783. The molecule has 2 rings (SSSR count). The second kappa shape index (κ2) is 4.58. The number of ether oxygens (including phenoxy) is 1. The average molecular weight is 263 g/mol. The molecule has 18 heavy (non-hydrogen) atoms. The Kier molecular flexibility index (Phi) is 3.27. The second-order valence-electron chi connectivity index (χ2n) is 4.09. The van der Waals surface area contributed by atoms with Gasteiger partial charge in [-0.05, 0) is 19.8 Å². The maximum Gasteiger partial charge on any atom is 0.408 e. The molecule has 100 valence electrons. The molecule has 1 heterocycles. The van der Waals surface area contributed by atoms with Gasteiger partial charge in [-0.15, -0.1) is 5.10 Å². The monoisotopic (exact) mass is 263 g/mol. The molecule has 1 saturated carbocycles. The SMILES string of the molecule is CCOC(=O)c1nnn(CC(F)(F)F)c1C1CC1. The molecule has 0 unspecified atom stereocenters.